The smallest absolute Gasteiger partial charge is 0.397 e. The third-order valence-electron chi connectivity index (χ3n) is 4.09. The monoisotopic (exact) mass is 341 g/mol. The van der Waals surface area contributed by atoms with Gasteiger partial charge in [0.1, 0.15) is 6.54 Å². The molecule has 130 valence electrons. The maximum Gasteiger partial charge on any atom is 0.406 e. The third kappa shape index (κ3) is 2.90. The molecule has 0 radical (unpaired) electrons. The second kappa shape index (κ2) is 5.95. The van der Waals surface area contributed by atoms with Crippen LogP contribution >= 0.6 is 0 Å². The summed E-state index contributed by atoms with van der Waals surface area (Å²) in [4.78, 5) is 17.3. The fourth-order valence-electron chi connectivity index (χ4n) is 2.94. The molecule has 1 aliphatic rings. The van der Waals surface area contributed by atoms with Gasteiger partial charge in [-0.15, -0.1) is 0 Å². The van der Waals surface area contributed by atoms with Gasteiger partial charge < -0.3 is 10.6 Å². The zero-order valence-electron chi connectivity index (χ0n) is 13.2. The van der Waals surface area contributed by atoms with Crippen molar-refractivity contribution in [2.24, 2.45) is 0 Å². The fourth-order valence-corrected chi connectivity index (χ4v) is 2.94. The molecule has 6 nitrogen and oxygen atoms in total. The number of aromatic nitrogens is 3. The van der Waals surface area contributed by atoms with Crippen LogP contribution in [0.1, 0.15) is 42.2 Å². The first-order chi connectivity index (χ1) is 11.3. The number of nitrogen functional groups attached to an aromatic ring is 1. The molecule has 0 saturated carbocycles. The van der Waals surface area contributed by atoms with Crippen LogP contribution in [0.4, 0.5) is 18.9 Å². The minimum atomic E-state index is -4.46. The highest BCUT2D eigenvalue weighted by Gasteiger charge is 2.39. The molecular weight excluding hydrogens is 323 g/mol. The molecule has 3 heterocycles. The lowest BCUT2D eigenvalue weighted by molar-refractivity contribution is -0.141. The van der Waals surface area contributed by atoms with Gasteiger partial charge in [-0.3, -0.25) is 4.79 Å². The van der Waals surface area contributed by atoms with Gasteiger partial charge in [0, 0.05) is 6.54 Å². The summed E-state index contributed by atoms with van der Waals surface area (Å²) in [6, 6.07) is 0. The zero-order valence-corrected chi connectivity index (χ0v) is 13.2. The van der Waals surface area contributed by atoms with Crippen molar-refractivity contribution in [3.05, 3.63) is 17.5 Å². The number of alkyl halides is 3. The molecule has 0 unspecified atom stereocenters. The molecule has 2 N–H and O–H groups in total. The van der Waals surface area contributed by atoms with Gasteiger partial charge in [-0.05, 0) is 6.42 Å². The first-order valence-electron chi connectivity index (χ1n) is 7.81. The number of aryl methyl sites for hydroxylation is 1. The predicted molar refractivity (Wildman–Crippen MR) is 82.3 cm³/mol. The van der Waals surface area contributed by atoms with Gasteiger partial charge in [-0.1, -0.05) is 19.8 Å². The molecule has 1 amide bonds. The Morgan fingerprint density at radius 1 is 1.33 bits per heavy atom. The number of halogens is 3. The number of rotatable bonds is 5. The van der Waals surface area contributed by atoms with Crippen LogP contribution in [0.15, 0.2) is 6.20 Å². The molecule has 0 spiro atoms. The molecule has 0 aliphatic carbocycles. The summed E-state index contributed by atoms with van der Waals surface area (Å²) in [6.45, 7) is 1.25. The molecule has 0 aromatic carbocycles. The molecule has 9 heteroatoms. The van der Waals surface area contributed by atoms with Crippen LogP contribution in [0.3, 0.4) is 0 Å². The van der Waals surface area contributed by atoms with Crippen LogP contribution < -0.4 is 5.73 Å². The molecule has 0 saturated heterocycles. The van der Waals surface area contributed by atoms with E-state index in [4.69, 9.17) is 5.73 Å². The SMILES string of the molecule is CCCCCn1ncc2c(N)c3c(nc21)CN(CC(F)(F)F)C3=O. The number of nitrogens with zero attached hydrogens (tertiary/aromatic N) is 4. The van der Waals surface area contributed by atoms with E-state index in [1.807, 2.05) is 0 Å². The first kappa shape index (κ1) is 16.5. The van der Waals surface area contributed by atoms with Crippen molar-refractivity contribution in [3.63, 3.8) is 0 Å². The number of hydrogen-bond donors (Lipinski definition) is 1. The maximum absolute atomic E-state index is 12.6. The molecule has 0 bridgehead atoms. The van der Waals surface area contributed by atoms with Crippen LogP contribution in [0, 0.1) is 0 Å². The van der Waals surface area contributed by atoms with Crippen molar-refractivity contribution < 1.29 is 18.0 Å². The van der Waals surface area contributed by atoms with Crippen molar-refractivity contribution in [3.8, 4) is 0 Å². The average molecular weight is 341 g/mol. The van der Waals surface area contributed by atoms with Crippen LogP contribution in [0.5, 0.6) is 0 Å². The zero-order chi connectivity index (χ0) is 17.5. The normalized spacial score (nSPS) is 14.7. The quantitative estimate of drug-likeness (QED) is 0.849. The Labute approximate surface area is 136 Å². The number of unbranched alkanes of at least 4 members (excludes halogenated alkanes) is 2. The number of hydrogen-bond acceptors (Lipinski definition) is 4. The Balaban J connectivity index is 1.95. The van der Waals surface area contributed by atoms with E-state index in [0.717, 1.165) is 24.2 Å². The largest absolute Gasteiger partial charge is 0.406 e. The van der Waals surface area contributed by atoms with E-state index < -0.39 is 18.6 Å². The van der Waals surface area contributed by atoms with Gasteiger partial charge in [-0.25, -0.2) is 9.67 Å². The minimum Gasteiger partial charge on any atom is -0.397 e. The molecule has 2 aromatic heterocycles. The molecule has 3 rings (SSSR count). The topological polar surface area (TPSA) is 77.0 Å². The van der Waals surface area contributed by atoms with Gasteiger partial charge >= 0.3 is 6.18 Å². The molecule has 0 fully saturated rings. The van der Waals surface area contributed by atoms with Crippen LogP contribution in [-0.2, 0) is 13.1 Å². The molecular formula is C15H18F3N5O. The van der Waals surface area contributed by atoms with E-state index in [1.54, 1.807) is 4.68 Å². The Morgan fingerprint density at radius 3 is 2.75 bits per heavy atom. The number of nitrogens with two attached hydrogens (primary N) is 1. The van der Waals surface area contributed by atoms with Gasteiger partial charge in [0.2, 0.25) is 0 Å². The maximum atomic E-state index is 12.6. The number of pyridine rings is 1. The Kier molecular flexibility index (Phi) is 4.10. The van der Waals surface area contributed by atoms with Gasteiger partial charge in [-0.2, -0.15) is 18.3 Å². The number of anilines is 1. The number of carbonyl (C=O) groups excluding carboxylic acids is 1. The number of carbonyl (C=O) groups is 1. The summed E-state index contributed by atoms with van der Waals surface area (Å²) in [6.07, 6.45) is 0.0855. The van der Waals surface area contributed by atoms with Gasteiger partial charge in [0.15, 0.2) is 5.65 Å². The van der Waals surface area contributed by atoms with Gasteiger partial charge in [0.25, 0.3) is 5.91 Å². The third-order valence-corrected chi connectivity index (χ3v) is 4.09. The summed E-state index contributed by atoms with van der Waals surface area (Å²) in [5, 5.41) is 4.75. The van der Waals surface area contributed by atoms with E-state index >= 15 is 0 Å². The first-order valence-corrected chi connectivity index (χ1v) is 7.81. The van der Waals surface area contributed by atoms with Crippen molar-refractivity contribution >= 4 is 22.6 Å². The highest BCUT2D eigenvalue weighted by Crippen LogP contribution is 2.33. The lowest BCUT2D eigenvalue weighted by Crippen LogP contribution is -2.34. The molecule has 2 aromatic rings. The average Bonchev–Trinajstić information content (AvgIpc) is 3.01. The molecule has 1 aliphatic heterocycles. The van der Waals surface area contributed by atoms with E-state index in [-0.39, 0.29) is 23.5 Å². The summed E-state index contributed by atoms with van der Waals surface area (Å²) in [5.74, 6) is -0.729. The molecule has 24 heavy (non-hydrogen) atoms. The van der Waals surface area contributed by atoms with Crippen molar-refractivity contribution in [1.82, 2.24) is 19.7 Å². The van der Waals surface area contributed by atoms with Gasteiger partial charge in [0.05, 0.1) is 35.1 Å². The Bertz CT molecular complexity index is 783. The molecule has 0 atom stereocenters. The van der Waals surface area contributed by atoms with Crippen LogP contribution in [0.2, 0.25) is 0 Å². The highest BCUT2D eigenvalue weighted by atomic mass is 19.4. The highest BCUT2D eigenvalue weighted by molar-refractivity contribution is 6.08. The Hall–Kier alpha value is -2.32. The Morgan fingerprint density at radius 2 is 2.08 bits per heavy atom. The number of fused-ring (bicyclic) bond motifs is 2. The summed E-state index contributed by atoms with van der Waals surface area (Å²) in [7, 11) is 0. The summed E-state index contributed by atoms with van der Waals surface area (Å²) < 4.78 is 39.5. The second-order valence-electron chi connectivity index (χ2n) is 5.94. The predicted octanol–water partition coefficient (Wildman–Crippen LogP) is 2.72. The minimum absolute atomic E-state index is 0.0693. The lowest BCUT2D eigenvalue weighted by Gasteiger charge is -2.17. The van der Waals surface area contributed by atoms with E-state index in [0.29, 0.717) is 17.6 Å². The van der Waals surface area contributed by atoms with Crippen LogP contribution in [-0.4, -0.2) is 38.3 Å². The van der Waals surface area contributed by atoms with E-state index in [9.17, 15) is 18.0 Å². The number of amides is 1. The van der Waals surface area contributed by atoms with Crippen molar-refractivity contribution in [1.29, 1.82) is 0 Å². The standard InChI is InChI=1S/C15H18F3N5O/c1-2-3-4-5-23-13-9(6-20-23)12(19)11-10(21-13)7-22(14(11)24)8-15(16,17)18/h6H,2-5,7-8H2,1H3,(H2,19,21). The van der Waals surface area contributed by atoms with Crippen LogP contribution in [0.25, 0.3) is 11.0 Å². The lowest BCUT2D eigenvalue weighted by atomic mass is 10.1. The fraction of sp³-hybridized carbons (Fsp3) is 0.533. The van der Waals surface area contributed by atoms with E-state index in [2.05, 4.69) is 17.0 Å². The summed E-state index contributed by atoms with van der Waals surface area (Å²) in [5.41, 5.74) is 7.06. The van der Waals surface area contributed by atoms with Crippen molar-refractivity contribution in [2.75, 3.05) is 12.3 Å². The second-order valence-corrected chi connectivity index (χ2v) is 5.94. The van der Waals surface area contributed by atoms with Crippen molar-refractivity contribution in [2.45, 2.75) is 45.5 Å². The summed E-state index contributed by atoms with van der Waals surface area (Å²) >= 11 is 0. The van der Waals surface area contributed by atoms with E-state index in [1.165, 1.54) is 6.20 Å².